The number of carbonyl (C=O) groups excluding carboxylic acids is 1. The van der Waals surface area contributed by atoms with Crippen LogP contribution in [-0.2, 0) is 11.2 Å². The molecule has 0 saturated heterocycles. The highest BCUT2D eigenvalue weighted by molar-refractivity contribution is 6.33. The van der Waals surface area contributed by atoms with Crippen LogP contribution in [0, 0.1) is 13.8 Å². The first kappa shape index (κ1) is 15.1. The van der Waals surface area contributed by atoms with E-state index in [2.05, 4.69) is 15.5 Å². The van der Waals surface area contributed by atoms with E-state index in [1.807, 2.05) is 13.8 Å². The van der Waals surface area contributed by atoms with Gasteiger partial charge in [0.05, 0.1) is 22.7 Å². The number of carbonyl (C=O) groups is 2. The Bertz CT molecular complexity index is 690. The molecule has 0 bridgehead atoms. The predicted octanol–water partition coefficient (Wildman–Crippen LogP) is 2.56. The largest absolute Gasteiger partial charge is 0.478 e. The third-order valence-corrected chi connectivity index (χ3v) is 3.43. The lowest BCUT2D eigenvalue weighted by Gasteiger charge is -2.07. The van der Waals surface area contributed by atoms with Crippen LogP contribution in [0.1, 0.15) is 27.3 Å². The van der Waals surface area contributed by atoms with E-state index in [1.54, 1.807) is 6.07 Å². The van der Waals surface area contributed by atoms with Crippen molar-refractivity contribution in [2.75, 3.05) is 5.32 Å². The molecule has 1 heterocycles. The fraction of sp³-hybridized carbons (Fsp3) is 0.214. The van der Waals surface area contributed by atoms with Gasteiger partial charge in [-0.2, -0.15) is 5.10 Å². The van der Waals surface area contributed by atoms with Crippen molar-refractivity contribution < 1.29 is 14.7 Å². The molecule has 2 rings (SSSR count). The number of benzene rings is 1. The van der Waals surface area contributed by atoms with Crippen molar-refractivity contribution in [1.82, 2.24) is 10.2 Å². The van der Waals surface area contributed by atoms with Gasteiger partial charge in [0.15, 0.2) is 0 Å². The number of nitrogens with one attached hydrogen (secondary N) is 2. The summed E-state index contributed by atoms with van der Waals surface area (Å²) in [5, 5.41) is 18.6. The maximum Gasteiger partial charge on any atom is 0.337 e. The number of aromatic carboxylic acids is 1. The quantitative estimate of drug-likeness (QED) is 0.809. The molecule has 7 heteroatoms. The summed E-state index contributed by atoms with van der Waals surface area (Å²) in [5.74, 6) is -1.39. The van der Waals surface area contributed by atoms with E-state index >= 15 is 0 Å². The zero-order chi connectivity index (χ0) is 15.6. The molecular weight excluding hydrogens is 294 g/mol. The van der Waals surface area contributed by atoms with E-state index in [4.69, 9.17) is 16.7 Å². The summed E-state index contributed by atoms with van der Waals surface area (Å²) in [5.41, 5.74) is 2.78. The van der Waals surface area contributed by atoms with Crippen molar-refractivity contribution in [1.29, 1.82) is 0 Å². The van der Waals surface area contributed by atoms with Crippen LogP contribution >= 0.6 is 11.6 Å². The molecule has 21 heavy (non-hydrogen) atoms. The van der Waals surface area contributed by atoms with Gasteiger partial charge in [0, 0.05) is 16.9 Å². The number of halogens is 1. The van der Waals surface area contributed by atoms with Crippen LogP contribution in [0.5, 0.6) is 0 Å². The number of anilines is 1. The summed E-state index contributed by atoms with van der Waals surface area (Å²) >= 11 is 5.78. The van der Waals surface area contributed by atoms with Crippen LogP contribution in [0.3, 0.4) is 0 Å². The number of aromatic amines is 1. The number of carboxylic acids is 1. The third-order valence-electron chi connectivity index (χ3n) is 3.10. The molecule has 0 saturated carbocycles. The second-order valence-corrected chi connectivity index (χ2v) is 5.04. The van der Waals surface area contributed by atoms with Crippen LogP contribution < -0.4 is 5.32 Å². The predicted molar refractivity (Wildman–Crippen MR) is 78.8 cm³/mol. The smallest absolute Gasteiger partial charge is 0.337 e. The minimum absolute atomic E-state index is 0.0508. The number of aromatic nitrogens is 2. The molecule has 0 atom stereocenters. The number of rotatable bonds is 4. The Hall–Kier alpha value is -2.34. The average molecular weight is 308 g/mol. The van der Waals surface area contributed by atoms with Crippen molar-refractivity contribution in [2.24, 2.45) is 0 Å². The van der Waals surface area contributed by atoms with Gasteiger partial charge in [-0.1, -0.05) is 11.6 Å². The highest BCUT2D eigenvalue weighted by atomic mass is 35.5. The number of hydrogen-bond donors (Lipinski definition) is 3. The Balaban J connectivity index is 2.13. The molecule has 1 amide bonds. The number of hydrogen-bond acceptors (Lipinski definition) is 3. The number of H-pyrrole nitrogens is 1. The third kappa shape index (κ3) is 3.41. The van der Waals surface area contributed by atoms with E-state index in [0.717, 1.165) is 17.0 Å². The van der Waals surface area contributed by atoms with Crippen LogP contribution in [0.25, 0.3) is 0 Å². The van der Waals surface area contributed by atoms with Crippen LogP contribution in [0.2, 0.25) is 5.02 Å². The Morgan fingerprint density at radius 3 is 2.67 bits per heavy atom. The fourth-order valence-corrected chi connectivity index (χ4v) is 2.17. The van der Waals surface area contributed by atoms with Crippen molar-refractivity contribution in [3.8, 4) is 0 Å². The van der Waals surface area contributed by atoms with Crippen LogP contribution in [-0.4, -0.2) is 27.2 Å². The van der Waals surface area contributed by atoms with E-state index in [0.29, 0.717) is 5.69 Å². The SMILES string of the molecule is Cc1n[nH]c(C)c1CC(=O)Nc1ccc(Cl)c(C(=O)O)c1. The molecule has 2 aromatic rings. The number of nitrogens with zero attached hydrogens (tertiary/aromatic N) is 1. The lowest BCUT2D eigenvalue weighted by atomic mass is 10.1. The normalized spacial score (nSPS) is 10.4. The van der Waals surface area contributed by atoms with E-state index < -0.39 is 5.97 Å². The first-order valence-electron chi connectivity index (χ1n) is 6.21. The summed E-state index contributed by atoms with van der Waals surface area (Å²) in [6, 6.07) is 4.33. The number of amides is 1. The Kier molecular flexibility index (Phi) is 4.28. The molecular formula is C14H14ClN3O3. The van der Waals surface area contributed by atoms with Gasteiger partial charge in [-0.25, -0.2) is 4.79 Å². The monoisotopic (exact) mass is 307 g/mol. The maximum atomic E-state index is 12.0. The van der Waals surface area contributed by atoms with Gasteiger partial charge in [0.1, 0.15) is 0 Å². The van der Waals surface area contributed by atoms with Gasteiger partial charge in [-0.3, -0.25) is 9.89 Å². The summed E-state index contributed by atoms with van der Waals surface area (Å²) in [7, 11) is 0. The highest BCUT2D eigenvalue weighted by Crippen LogP contribution is 2.21. The molecule has 110 valence electrons. The van der Waals surface area contributed by atoms with E-state index in [1.165, 1.54) is 12.1 Å². The van der Waals surface area contributed by atoms with Gasteiger partial charge >= 0.3 is 5.97 Å². The Morgan fingerprint density at radius 2 is 2.10 bits per heavy atom. The summed E-state index contributed by atoms with van der Waals surface area (Å²) in [4.78, 5) is 23.0. The molecule has 1 aromatic heterocycles. The summed E-state index contributed by atoms with van der Waals surface area (Å²) in [6.45, 7) is 3.66. The molecule has 0 spiro atoms. The van der Waals surface area contributed by atoms with Crippen LogP contribution in [0.15, 0.2) is 18.2 Å². The second kappa shape index (κ2) is 5.97. The van der Waals surface area contributed by atoms with Crippen molar-refractivity contribution in [3.63, 3.8) is 0 Å². The Labute approximate surface area is 126 Å². The molecule has 0 radical (unpaired) electrons. The van der Waals surface area contributed by atoms with Gasteiger partial charge in [-0.15, -0.1) is 0 Å². The molecule has 0 aliphatic heterocycles. The first-order chi connectivity index (χ1) is 9.88. The van der Waals surface area contributed by atoms with Gasteiger partial charge < -0.3 is 10.4 Å². The molecule has 0 fully saturated rings. The van der Waals surface area contributed by atoms with Gasteiger partial charge in [0.25, 0.3) is 0 Å². The minimum Gasteiger partial charge on any atom is -0.478 e. The molecule has 1 aromatic carbocycles. The number of carboxylic acid groups (broad SMARTS) is 1. The zero-order valence-corrected chi connectivity index (χ0v) is 12.3. The van der Waals surface area contributed by atoms with Gasteiger partial charge in [-0.05, 0) is 32.0 Å². The topological polar surface area (TPSA) is 95.1 Å². The van der Waals surface area contributed by atoms with Crippen molar-refractivity contribution >= 4 is 29.2 Å². The lowest BCUT2D eigenvalue weighted by molar-refractivity contribution is -0.115. The zero-order valence-electron chi connectivity index (χ0n) is 11.5. The molecule has 0 aliphatic rings. The standard InChI is InChI=1S/C14H14ClN3O3/c1-7-10(8(2)18-17-7)6-13(19)16-9-3-4-12(15)11(5-9)14(20)21/h3-5H,6H2,1-2H3,(H,16,19)(H,17,18)(H,20,21). The molecule has 0 unspecified atom stereocenters. The van der Waals surface area contributed by atoms with E-state index in [9.17, 15) is 9.59 Å². The summed E-state index contributed by atoms with van der Waals surface area (Å²) in [6.07, 6.45) is 0.166. The fourth-order valence-electron chi connectivity index (χ4n) is 1.97. The average Bonchev–Trinajstić information content (AvgIpc) is 2.72. The van der Waals surface area contributed by atoms with E-state index in [-0.39, 0.29) is 22.9 Å². The molecule has 6 nitrogen and oxygen atoms in total. The van der Waals surface area contributed by atoms with Crippen molar-refractivity contribution in [2.45, 2.75) is 20.3 Å². The van der Waals surface area contributed by atoms with Gasteiger partial charge in [0.2, 0.25) is 5.91 Å². The highest BCUT2D eigenvalue weighted by Gasteiger charge is 2.13. The second-order valence-electron chi connectivity index (χ2n) is 4.64. The first-order valence-corrected chi connectivity index (χ1v) is 6.59. The molecule has 0 aliphatic carbocycles. The number of aryl methyl sites for hydroxylation is 2. The lowest BCUT2D eigenvalue weighted by Crippen LogP contribution is -2.15. The van der Waals surface area contributed by atoms with Crippen LogP contribution in [0.4, 0.5) is 5.69 Å². The minimum atomic E-state index is -1.14. The molecule has 3 N–H and O–H groups in total. The summed E-state index contributed by atoms with van der Waals surface area (Å²) < 4.78 is 0. The maximum absolute atomic E-state index is 12.0. The Morgan fingerprint density at radius 1 is 1.38 bits per heavy atom. The van der Waals surface area contributed by atoms with Crippen molar-refractivity contribution in [3.05, 3.63) is 45.7 Å².